The van der Waals surface area contributed by atoms with E-state index in [-0.39, 0.29) is 17.7 Å². The largest absolute Gasteiger partial charge is 0.478 e. The molecule has 0 fully saturated rings. The number of para-hydroxylation sites is 1. The van der Waals surface area contributed by atoms with E-state index >= 15 is 0 Å². The molecular weight excluding hydrogens is 186 g/mol. The molecule has 1 aromatic carbocycles. The first kappa shape index (κ1) is 8.98. The number of nitrogens with zero attached hydrogens (tertiary/aromatic N) is 1. The summed E-state index contributed by atoms with van der Waals surface area (Å²) >= 11 is 0. The first-order valence-corrected chi connectivity index (χ1v) is 4.12. The van der Waals surface area contributed by atoms with Gasteiger partial charge in [-0.05, 0) is 11.6 Å². The van der Waals surface area contributed by atoms with Crippen molar-refractivity contribution in [2.24, 2.45) is 0 Å². The molecule has 1 aliphatic heterocycles. The van der Waals surface area contributed by atoms with Gasteiger partial charge < -0.3 is 10.2 Å². The number of aliphatic hydroxyl groups is 1. The molecule has 0 aliphatic carbocycles. The number of fused-ring (bicyclic) bond motifs is 1. The highest BCUT2D eigenvalue weighted by Crippen LogP contribution is 2.32. The molecular formula is C9H9NO4. The van der Waals surface area contributed by atoms with Crippen molar-refractivity contribution in [2.45, 2.75) is 12.6 Å². The zero-order valence-electron chi connectivity index (χ0n) is 7.21. The van der Waals surface area contributed by atoms with Crippen LogP contribution in [0, 0.1) is 0 Å². The van der Waals surface area contributed by atoms with Gasteiger partial charge in [-0.2, -0.15) is 0 Å². The Morgan fingerprint density at radius 3 is 2.86 bits per heavy atom. The molecule has 3 N–H and O–H groups in total. The number of hydrogen-bond acceptors (Lipinski definition) is 4. The van der Waals surface area contributed by atoms with Crippen LogP contribution in [0.15, 0.2) is 18.2 Å². The third-order valence-electron chi connectivity index (χ3n) is 2.26. The summed E-state index contributed by atoms with van der Waals surface area (Å²) in [5, 5.41) is 28.1. The Kier molecular flexibility index (Phi) is 1.90. The van der Waals surface area contributed by atoms with Crippen LogP contribution in [0.25, 0.3) is 0 Å². The second-order valence-corrected chi connectivity index (χ2v) is 3.15. The zero-order valence-corrected chi connectivity index (χ0v) is 7.21. The molecule has 0 amide bonds. The van der Waals surface area contributed by atoms with Crippen LogP contribution in [-0.4, -0.2) is 27.6 Å². The number of hydrogen-bond donors (Lipinski definition) is 3. The average Bonchev–Trinajstić information content (AvgIpc) is 2.43. The highest BCUT2D eigenvalue weighted by molar-refractivity contribution is 5.95. The number of carboxylic acid groups (broad SMARTS) is 1. The molecule has 74 valence electrons. The number of rotatable bonds is 1. The Bertz CT molecular complexity index is 390. The SMILES string of the molecule is O=C(O)c1cccc2c1N(O)C(O)C2. The van der Waals surface area contributed by atoms with Gasteiger partial charge in [0, 0.05) is 6.42 Å². The van der Waals surface area contributed by atoms with Gasteiger partial charge in [0.15, 0.2) is 6.23 Å². The van der Waals surface area contributed by atoms with Gasteiger partial charge in [0.05, 0.1) is 11.3 Å². The van der Waals surface area contributed by atoms with Gasteiger partial charge in [0.2, 0.25) is 0 Å². The van der Waals surface area contributed by atoms with Crippen molar-refractivity contribution in [2.75, 3.05) is 5.06 Å². The van der Waals surface area contributed by atoms with Crippen molar-refractivity contribution in [3.63, 3.8) is 0 Å². The zero-order chi connectivity index (χ0) is 10.3. The number of hydroxylamine groups is 1. The van der Waals surface area contributed by atoms with Crippen molar-refractivity contribution in [1.82, 2.24) is 0 Å². The fourth-order valence-electron chi connectivity index (χ4n) is 1.63. The molecule has 0 aromatic heterocycles. The van der Waals surface area contributed by atoms with Crippen LogP contribution in [-0.2, 0) is 6.42 Å². The second-order valence-electron chi connectivity index (χ2n) is 3.15. The van der Waals surface area contributed by atoms with Crippen LogP contribution in [0.5, 0.6) is 0 Å². The molecule has 0 saturated heterocycles. The normalized spacial score (nSPS) is 19.6. The fraction of sp³-hybridized carbons (Fsp3) is 0.222. The van der Waals surface area contributed by atoms with Gasteiger partial charge >= 0.3 is 5.97 Å². The van der Waals surface area contributed by atoms with E-state index in [1.807, 2.05) is 0 Å². The summed E-state index contributed by atoms with van der Waals surface area (Å²) in [6.45, 7) is 0. The van der Waals surface area contributed by atoms with E-state index < -0.39 is 12.2 Å². The molecule has 1 unspecified atom stereocenters. The minimum absolute atomic E-state index is 0.00144. The van der Waals surface area contributed by atoms with Crippen LogP contribution in [0.4, 0.5) is 5.69 Å². The Labute approximate surface area is 79.8 Å². The molecule has 0 radical (unpaired) electrons. The number of carbonyl (C=O) groups is 1. The standard InChI is InChI=1S/C9H9NO4/c11-7-4-5-2-1-3-6(9(12)13)8(5)10(7)14/h1-3,7,11,14H,4H2,(H,12,13). The Balaban J connectivity index is 2.58. The van der Waals surface area contributed by atoms with Crippen molar-refractivity contribution in [3.05, 3.63) is 29.3 Å². The second kappa shape index (κ2) is 2.97. The summed E-state index contributed by atoms with van der Waals surface area (Å²) in [6, 6.07) is 4.66. The molecule has 1 heterocycles. The lowest BCUT2D eigenvalue weighted by atomic mass is 10.1. The van der Waals surface area contributed by atoms with Gasteiger partial charge in [0.1, 0.15) is 0 Å². The van der Waals surface area contributed by atoms with Gasteiger partial charge in [-0.25, -0.2) is 9.86 Å². The lowest BCUT2D eigenvalue weighted by molar-refractivity contribution is 0.0677. The third-order valence-corrected chi connectivity index (χ3v) is 2.26. The predicted octanol–water partition coefficient (Wildman–Crippen LogP) is 0.455. The third kappa shape index (κ3) is 1.14. The van der Waals surface area contributed by atoms with E-state index in [0.717, 1.165) is 0 Å². The van der Waals surface area contributed by atoms with E-state index in [9.17, 15) is 15.1 Å². The predicted molar refractivity (Wildman–Crippen MR) is 47.4 cm³/mol. The fourth-order valence-corrected chi connectivity index (χ4v) is 1.63. The van der Waals surface area contributed by atoms with Gasteiger partial charge in [-0.1, -0.05) is 12.1 Å². The van der Waals surface area contributed by atoms with E-state index in [1.165, 1.54) is 6.07 Å². The first-order chi connectivity index (χ1) is 6.61. The topological polar surface area (TPSA) is 81.0 Å². The average molecular weight is 195 g/mol. The lowest BCUT2D eigenvalue weighted by Gasteiger charge is -2.15. The van der Waals surface area contributed by atoms with E-state index in [4.69, 9.17) is 5.11 Å². The highest BCUT2D eigenvalue weighted by atomic mass is 16.5. The van der Waals surface area contributed by atoms with Gasteiger partial charge in [-0.3, -0.25) is 5.21 Å². The number of aliphatic hydroxyl groups excluding tert-OH is 1. The first-order valence-electron chi connectivity index (χ1n) is 4.12. The van der Waals surface area contributed by atoms with Crippen molar-refractivity contribution >= 4 is 11.7 Å². The molecule has 0 bridgehead atoms. The number of benzene rings is 1. The van der Waals surface area contributed by atoms with Crippen LogP contribution in [0.3, 0.4) is 0 Å². The summed E-state index contributed by atoms with van der Waals surface area (Å²) in [4.78, 5) is 10.8. The number of aromatic carboxylic acids is 1. The van der Waals surface area contributed by atoms with Crippen molar-refractivity contribution in [1.29, 1.82) is 0 Å². The molecule has 1 aromatic rings. The highest BCUT2D eigenvalue weighted by Gasteiger charge is 2.30. The maximum atomic E-state index is 10.8. The van der Waals surface area contributed by atoms with Crippen LogP contribution >= 0.6 is 0 Å². The molecule has 0 spiro atoms. The molecule has 0 saturated carbocycles. The van der Waals surface area contributed by atoms with Gasteiger partial charge in [0.25, 0.3) is 0 Å². The molecule has 5 nitrogen and oxygen atoms in total. The number of anilines is 1. The smallest absolute Gasteiger partial charge is 0.337 e. The Morgan fingerprint density at radius 2 is 2.21 bits per heavy atom. The molecule has 5 heteroatoms. The quantitative estimate of drug-likeness (QED) is 0.606. The minimum atomic E-state index is -1.12. The Morgan fingerprint density at radius 1 is 1.50 bits per heavy atom. The lowest BCUT2D eigenvalue weighted by Crippen LogP contribution is -2.28. The Hall–Kier alpha value is -1.59. The van der Waals surface area contributed by atoms with Gasteiger partial charge in [-0.15, -0.1) is 0 Å². The van der Waals surface area contributed by atoms with E-state index in [2.05, 4.69) is 0 Å². The van der Waals surface area contributed by atoms with Crippen LogP contribution in [0.2, 0.25) is 0 Å². The van der Waals surface area contributed by atoms with Crippen LogP contribution < -0.4 is 5.06 Å². The molecule has 1 atom stereocenters. The van der Waals surface area contributed by atoms with Crippen molar-refractivity contribution < 1.29 is 20.2 Å². The maximum Gasteiger partial charge on any atom is 0.337 e. The summed E-state index contributed by atoms with van der Waals surface area (Å²) in [6.07, 6.45) is -0.807. The van der Waals surface area contributed by atoms with E-state index in [0.29, 0.717) is 10.6 Å². The molecule has 14 heavy (non-hydrogen) atoms. The maximum absolute atomic E-state index is 10.8. The van der Waals surface area contributed by atoms with Crippen LogP contribution in [0.1, 0.15) is 15.9 Å². The summed E-state index contributed by atoms with van der Waals surface area (Å²) in [5.74, 6) is -1.12. The van der Waals surface area contributed by atoms with Crippen molar-refractivity contribution in [3.8, 4) is 0 Å². The van der Waals surface area contributed by atoms with E-state index in [1.54, 1.807) is 12.1 Å². The summed E-state index contributed by atoms with van der Waals surface area (Å²) < 4.78 is 0. The molecule has 2 rings (SSSR count). The summed E-state index contributed by atoms with van der Waals surface area (Å²) in [7, 11) is 0. The number of carboxylic acids is 1. The monoisotopic (exact) mass is 195 g/mol. The molecule has 1 aliphatic rings. The minimum Gasteiger partial charge on any atom is -0.478 e. The summed E-state index contributed by atoms with van der Waals surface area (Å²) in [5.41, 5.74) is 0.828.